The molecule has 212 valence electrons. The highest BCUT2D eigenvalue weighted by Gasteiger charge is 2.48. The van der Waals surface area contributed by atoms with Gasteiger partial charge in [-0.15, -0.1) is 0 Å². The average Bonchev–Trinajstić information content (AvgIpc) is 3.23. The summed E-state index contributed by atoms with van der Waals surface area (Å²) in [6.07, 6.45) is 1.41. The van der Waals surface area contributed by atoms with Crippen LogP contribution in [0.3, 0.4) is 0 Å². The van der Waals surface area contributed by atoms with Gasteiger partial charge < -0.3 is 9.47 Å². The minimum absolute atomic E-state index is 0.0688. The molecule has 0 aliphatic carbocycles. The molecule has 4 rings (SSSR count). The van der Waals surface area contributed by atoms with Crippen LogP contribution in [0, 0.1) is 5.92 Å². The number of rotatable bonds is 14. The molecule has 0 fully saturated rings. The van der Waals surface area contributed by atoms with Gasteiger partial charge in [0, 0.05) is 6.54 Å². The molecule has 0 aromatic heterocycles. The summed E-state index contributed by atoms with van der Waals surface area (Å²) in [4.78, 5) is 62.7. The number of imide groups is 1. The third kappa shape index (κ3) is 7.72. The maximum atomic E-state index is 13.1. The zero-order chi connectivity index (χ0) is 29.2. The number of ether oxygens (including phenoxy) is 2. The van der Waals surface area contributed by atoms with Gasteiger partial charge in [0.05, 0.1) is 11.1 Å². The predicted molar refractivity (Wildman–Crippen MR) is 150 cm³/mol. The lowest BCUT2D eigenvalue weighted by Crippen LogP contribution is -2.36. The zero-order valence-electron chi connectivity index (χ0n) is 22.4. The fourth-order valence-electron chi connectivity index (χ4n) is 4.69. The van der Waals surface area contributed by atoms with E-state index in [0.29, 0.717) is 41.5 Å². The molecule has 10 heteroatoms. The molecule has 0 bridgehead atoms. The SMILES string of the molecule is O=C(OCc1ccccc1)C(C(=O)OCc1ccccc1)C(CCCCCN1C(=O)c2ccccc2C1=O)[P+](=O)O. The van der Waals surface area contributed by atoms with E-state index in [1.54, 1.807) is 72.8 Å². The van der Waals surface area contributed by atoms with Gasteiger partial charge in [-0.25, -0.2) is 0 Å². The summed E-state index contributed by atoms with van der Waals surface area (Å²) in [6.45, 7) is -0.00135. The third-order valence-electron chi connectivity index (χ3n) is 6.88. The average molecular weight is 577 g/mol. The van der Waals surface area contributed by atoms with E-state index in [9.17, 15) is 28.6 Å². The molecule has 0 spiro atoms. The lowest BCUT2D eigenvalue weighted by molar-refractivity contribution is -0.164. The van der Waals surface area contributed by atoms with E-state index in [1.165, 1.54) is 4.90 Å². The van der Waals surface area contributed by atoms with Crippen molar-refractivity contribution in [3.05, 3.63) is 107 Å². The molecule has 1 aliphatic heterocycles. The Labute approximate surface area is 239 Å². The number of carbonyl (C=O) groups is 4. The molecule has 0 saturated heterocycles. The van der Waals surface area contributed by atoms with Crippen LogP contribution in [-0.2, 0) is 36.8 Å². The van der Waals surface area contributed by atoms with Crippen LogP contribution in [0.1, 0.15) is 57.5 Å². The van der Waals surface area contributed by atoms with Crippen LogP contribution < -0.4 is 0 Å². The standard InChI is InChI=1S/C31H30NO8P/c33-28-24-16-9-10-17-25(24)29(34)32(28)19-11-3-8-18-26(41(37)38)27(30(35)39-20-22-12-4-1-5-13-22)31(36)40-21-23-14-6-2-7-15-23/h1-2,4-7,9-10,12-17,26-27H,3,8,11,18-21H2/p+1. The first-order valence-corrected chi connectivity index (χ1v) is 14.7. The predicted octanol–water partition coefficient (Wildman–Crippen LogP) is 5.05. The van der Waals surface area contributed by atoms with Crippen LogP contribution in [0.5, 0.6) is 0 Å². The van der Waals surface area contributed by atoms with Gasteiger partial charge in [-0.05, 0) is 47.1 Å². The molecule has 0 radical (unpaired) electrons. The first-order valence-electron chi connectivity index (χ1n) is 13.4. The van der Waals surface area contributed by atoms with Gasteiger partial charge in [0.25, 0.3) is 11.8 Å². The Kier molecular flexibility index (Phi) is 10.5. The first kappa shape index (κ1) is 29.8. The highest BCUT2D eigenvalue weighted by Crippen LogP contribution is 2.35. The lowest BCUT2D eigenvalue weighted by Gasteiger charge is -2.18. The van der Waals surface area contributed by atoms with Crippen molar-refractivity contribution < 1.29 is 38.1 Å². The molecule has 1 heterocycles. The van der Waals surface area contributed by atoms with Crippen LogP contribution in [0.2, 0.25) is 0 Å². The topological polar surface area (TPSA) is 127 Å². The number of nitrogens with zero attached hydrogens (tertiary/aromatic N) is 1. The van der Waals surface area contributed by atoms with Crippen molar-refractivity contribution in [2.75, 3.05) is 6.54 Å². The highest BCUT2D eigenvalue weighted by molar-refractivity contribution is 7.39. The summed E-state index contributed by atoms with van der Waals surface area (Å²) in [5.74, 6) is -4.14. The van der Waals surface area contributed by atoms with Crippen LogP contribution in [0.25, 0.3) is 0 Å². The number of amides is 2. The normalized spacial score (nSPS) is 13.6. The van der Waals surface area contributed by atoms with E-state index >= 15 is 0 Å². The number of benzene rings is 3. The molecule has 3 aromatic rings. The Bertz CT molecular complexity index is 1300. The largest absolute Gasteiger partial charge is 0.510 e. The molecular formula is C31H31NO8P+. The fourth-order valence-corrected chi connectivity index (χ4v) is 5.60. The quantitative estimate of drug-likeness (QED) is 0.0929. The van der Waals surface area contributed by atoms with Crippen molar-refractivity contribution in [3.63, 3.8) is 0 Å². The molecule has 1 N–H and O–H groups in total. The lowest BCUT2D eigenvalue weighted by atomic mass is 9.99. The van der Waals surface area contributed by atoms with Crippen molar-refractivity contribution in [1.82, 2.24) is 4.90 Å². The summed E-state index contributed by atoms with van der Waals surface area (Å²) in [6, 6.07) is 24.4. The number of carbonyl (C=O) groups excluding carboxylic acids is 4. The van der Waals surface area contributed by atoms with Gasteiger partial charge in [-0.1, -0.05) is 79.2 Å². The molecule has 9 nitrogen and oxygen atoms in total. The number of hydrogen-bond donors (Lipinski definition) is 1. The van der Waals surface area contributed by atoms with E-state index in [0.717, 1.165) is 0 Å². The second-order valence-electron chi connectivity index (χ2n) is 9.69. The number of esters is 2. The number of hydrogen-bond acceptors (Lipinski definition) is 7. The van der Waals surface area contributed by atoms with Gasteiger partial charge in [0.15, 0.2) is 0 Å². The van der Waals surface area contributed by atoms with Crippen LogP contribution in [-0.4, -0.2) is 45.8 Å². The molecule has 2 atom stereocenters. The molecule has 3 aromatic carbocycles. The van der Waals surface area contributed by atoms with Crippen molar-refractivity contribution in [2.24, 2.45) is 5.92 Å². The van der Waals surface area contributed by atoms with Crippen molar-refractivity contribution in [2.45, 2.75) is 44.6 Å². The van der Waals surface area contributed by atoms with E-state index in [2.05, 4.69) is 0 Å². The van der Waals surface area contributed by atoms with Crippen LogP contribution >= 0.6 is 8.03 Å². The monoisotopic (exact) mass is 576 g/mol. The molecule has 0 saturated carbocycles. The summed E-state index contributed by atoms with van der Waals surface area (Å²) < 4.78 is 23.2. The molecule has 2 unspecified atom stereocenters. The number of unbranched alkanes of at least 4 members (excludes halogenated alkanes) is 2. The summed E-state index contributed by atoms with van der Waals surface area (Å²) in [5, 5.41) is 0. The van der Waals surface area contributed by atoms with Crippen molar-refractivity contribution >= 4 is 31.8 Å². The van der Waals surface area contributed by atoms with E-state index in [4.69, 9.17) is 9.47 Å². The summed E-state index contributed by atoms with van der Waals surface area (Å²) >= 11 is 0. The van der Waals surface area contributed by atoms with Crippen molar-refractivity contribution in [3.8, 4) is 0 Å². The van der Waals surface area contributed by atoms with Gasteiger partial charge in [-0.3, -0.25) is 24.1 Å². The van der Waals surface area contributed by atoms with Crippen LogP contribution in [0.15, 0.2) is 84.9 Å². The Balaban J connectivity index is 1.37. The molecule has 2 amide bonds. The smallest absolute Gasteiger partial charge is 0.460 e. The Morgan fingerprint density at radius 1 is 0.707 bits per heavy atom. The minimum atomic E-state index is -2.94. The number of fused-ring (bicyclic) bond motifs is 1. The summed E-state index contributed by atoms with van der Waals surface area (Å²) in [7, 11) is -2.94. The highest BCUT2D eigenvalue weighted by atomic mass is 31.1. The molecule has 1 aliphatic rings. The molecule has 41 heavy (non-hydrogen) atoms. The van der Waals surface area contributed by atoms with E-state index in [1.807, 2.05) is 12.1 Å². The van der Waals surface area contributed by atoms with Gasteiger partial charge in [-0.2, -0.15) is 4.89 Å². The van der Waals surface area contributed by atoms with E-state index in [-0.39, 0.29) is 38.0 Å². The van der Waals surface area contributed by atoms with E-state index < -0.39 is 31.5 Å². The van der Waals surface area contributed by atoms with Crippen molar-refractivity contribution in [1.29, 1.82) is 0 Å². The van der Waals surface area contributed by atoms with Gasteiger partial charge in [0.1, 0.15) is 13.2 Å². The van der Waals surface area contributed by atoms with Gasteiger partial charge in [0.2, 0.25) is 11.6 Å². The summed E-state index contributed by atoms with van der Waals surface area (Å²) in [5.41, 5.74) is 0.933. The Morgan fingerprint density at radius 2 is 1.17 bits per heavy atom. The zero-order valence-corrected chi connectivity index (χ0v) is 23.3. The minimum Gasteiger partial charge on any atom is -0.460 e. The molecular weight excluding hydrogens is 545 g/mol. The second kappa shape index (κ2) is 14.4. The first-order chi connectivity index (χ1) is 19.9. The Morgan fingerprint density at radius 3 is 1.63 bits per heavy atom. The third-order valence-corrected chi connectivity index (χ3v) is 8.01. The Hall–Kier alpha value is -4.20. The fraction of sp³-hybridized carbons (Fsp3) is 0.290. The maximum absolute atomic E-state index is 13.1. The van der Waals surface area contributed by atoms with Crippen LogP contribution in [0.4, 0.5) is 0 Å². The van der Waals surface area contributed by atoms with Gasteiger partial charge >= 0.3 is 20.0 Å². The maximum Gasteiger partial charge on any atom is 0.510 e. The second-order valence-corrected chi connectivity index (χ2v) is 11.0.